The number of nitrogens with zero attached hydrogens (tertiary/aromatic N) is 2. The van der Waals surface area contributed by atoms with Gasteiger partial charge in [-0.15, -0.1) is 0 Å². The number of pyridine rings is 1. The number of amides is 2. The van der Waals surface area contributed by atoms with Crippen LogP contribution in [0.3, 0.4) is 0 Å². The predicted molar refractivity (Wildman–Crippen MR) is 91.8 cm³/mol. The lowest BCUT2D eigenvalue weighted by atomic mass is 10.1. The van der Waals surface area contributed by atoms with Crippen molar-refractivity contribution in [2.75, 3.05) is 0 Å². The molecule has 0 saturated heterocycles. The molecule has 2 amide bonds. The average molecular weight is 376 g/mol. The average Bonchev–Trinajstić information content (AvgIpc) is 2.52. The second kappa shape index (κ2) is 6.91. The Morgan fingerprint density at radius 2 is 1.74 bits per heavy atom. The minimum Gasteiger partial charge on any atom is -0.267 e. The third-order valence-electron chi connectivity index (χ3n) is 3.09. The number of carbonyl (C=O) groups excluding carboxylic acids is 2. The molecule has 1 aromatic carbocycles. The van der Waals surface area contributed by atoms with E-state index in [1.807, 2.05) is 26.8 Å². The molecular formula is C17H18BrN3O2. The van der Waals surface area contributed by atoms with E-state index in [4.69, 9.17) is 0 Å². The van der Waals surface area contributed by atoms with Crippen LogP contribution in [0.2, 0.25) is 0 Å². The van der Waals surface area contributed by atoms with Crippen LogP contribution in [-0.4, -0.2) is 27.3 Å². The molecule has 1 N–H and O–H groups in total. The molecule has 0 aliphatic carbocycles. The maximum absolute atomic E-state index is 12.8. The number of aromatic nitrogens is 1. The molecule has 0 radical (unpaired) electrons. The summed E-state index contributed by atoms with van der Waals surface area (Å²) >= 11 is 3.37. The standard InChI is InChI=1S/C17H18BrN3O2/c1-17(2,3)21(16(23)12-8-4-5-9-13(12)18)20-15(22)14-10-6-7-11-19-14/h4-11H,1-3H3,(H,20,22). The molecule has 0 saturated carbocycles. The van der Waals surface area contributed by atoms with Crippen LogP contribution in [-0.2, 0) is 0 Å². The minimum atomic E-state index is -0.600. The van der Waals surface area contributed by atoms with Gasteiger partial charge in [0, 0.05) is 10.7 Å². The molecule has 0 fully saturated rings. The summed E-state index contributed by atoms with van der Waals surface area (Å²) in [4.78, 5) is 29.2. The van der Waals surface area contributed by atoms with Crippen molar-refractivity contribution < 1.29 is 9.59 Å². The highest BCUT2D eigenvalue weighted by molar-refractivity contribution is 9.10. The van der Waals surface area contributed by atoms with Crippen LogP contribution in [0.1, 0.15) is 41.6 Å². The van der Waals surface area contributed by atoms with Crippen molar-refractivity contribution in [3.63, 3.8) is 0 Å². The van der Waals surface area contributed by atoms with E-state index in [9.17, 15) is 9.59 Å². The van der Waals surface area contributed by atoms with Gasteiger partial charge in [-0.1, -0.05) is 18.2 Å². The summed E-state index contributed by atoms with van der Waals surface area (Å²) in [7, 11) is 0. The summed E-state index contributed by atoms with van der Waals surface area (Å²) < 4.78 is 0.673. The molecule has 5 nitrogen and oxygen atoms in total. The van der Waals surface area contributed by atoms with Gasteiger partial charge >= 0.3 is 0 Å². The first-order chi connectivity index (χ1) is 10.8. The number of carbonyl (C=O) groups is 2. The zero-order valence-electron chi connectivity index (χ0n) is 13.2. The van der Waals surface area contributed by atoms with E-state index in [0.29, 0.717) is 10.0 Å². The first-order valence-electron chi connectivity index (χ1n) is 7.12. The van der Waals surface area contributed by atoms with Crippen LogP contribution in [0.5, 0.6) is 0 Å². The molecule has 0 spiro atoms. The van der Waals surface area contributed by atoms with Crippen molar-refractivity contribution >= 4 is 27.7 Å². The summed E-state index contributed by atoms with van der Waals surface area (Å²) in [5, 5.41) is 1.32. The molecule has 23 heavy (non-hydrogen) atoms. The van der Waals surface area contributed by atoms with Gasteiger partial charge in [0.15, 0.2) is 0 Å². The van der Waals surface area contributed by atoms with Crippen LogP contribution in [0.15, 0.2) is 53.1 Å². The Kier molecular flexibility index (Phi) is 5.15. The van der Waals surface area contributed by atoms with E-state index in [0.717, 1.165) is 0 Å². The summed E-state index contributed by atoms with van der Waals surface area (Å²) in [6, 6.07) is 12.1. The summed E-state index contributed by atoms with van der Waals surface area (Å²) in [5.74, 6) is -0.727. The Bertz CT molecular complexity index is 711. The number of nitrogens with one attached hydrogen (secondary N) is 1. The van der Waals surface area contributed by atoms with Crippen molar-refractivity contribution in [3.05, 3.63) is 64.4 Å². The minimum absolute atomic E-state index is 0.252. The van der Waals surface area contributed by atoms with Gasteiger partial charge in [0.25, 0.3) is 11.8 Å². The van der Waals surface area contributed by atoms with Gasteiger partial charge in [0.1, 0.15) is 5.69 Å². The second-order valence-electron chi connectivity index (χ2n) is 5.95. The van der Waals surface area contributed by atoms with Crippen LogP contribution >= 0.6 is 15.9 Å². The summed E-state index contributed by atoms with van der Waals surface area (Å²) in [5.41, 5.74) is 2.79. The largest absolute Gasteiger partial charge is 0.288 e. The van der Waals surface area contributed by atoms with Gasteiger partial charge in [0.05, 0.1) is 11.1 Å². The van der Waals surface area contributed by atoms with Gasteiger partial charge in [-0.2, -0.15) is 0 Å². The molecule has 2 aromatic rings. The van der Waals surface area contributed by atoms with Crippen LogP contribution < -0.4 is 5.43 Å². The van der Waals surface area contributed by atoms with Crippen molar-refractivity contribution in [3.8, 4) is 0 Å². The van der Waals surface area contributed by atoms with Crippen LogP contribution in [0.25, 0.3) is 0 Å². The van der Waals surface area contributed by atoms with Gasteiger partial charge in [0.2, 0.25) is 0 Å². The fourth-order valence-electron chi connectivity index (χ4n) is 1.93. The Morgan fingerprint density at radius 1 is 1.09 bits per heavy atom. The normalized spacial score (nSPS) is 11.0. The number of hydrogen-bond donors (Lipinski definition) is 1. The highest BCUT2D eigenvalue weighted by Gasteiger charge is 2.30. The monoisotopic (exact) mass is 375 g/mol. The number of benzene rings is 1. The number of hydrazine groups is 1. The number of rotatable bonds is 2. The molecular weight excluding hydrogens is 358 g/mol. The van der Waals surface area contributed by atoms with Crippen molar-refractivity contribution in [1.82, 2.24) is 15.4 Å². The molecule has 0 bridgehead atoms. The second-order valence-corrected chi connectivity index (χ2v) is 6.80. The molecule has 120 valence electrons. The lowest BCUT2D eigenvalue weighted by molar-refractivity contribution is 0.0356. The lowest BCUT2D eigenvalue weighted by Gasteiger charge is -2.35. The smallest absolute Gasteiger partial charge is 0.267 e. The topological polar surface area (TPSA) is 62.3 Å². The van der Waals surface area contributed by atoms with Gasteiger partial charge in [-0.25, -0.2) is 5.01 Å². The van der Waals surface area contributed by atoms with E-state index >= 15 is 0 Å². The number of hydrogen-bond acceptors (Lipinski definition) is 3. The van der Waals surface area contributed by atoms with Gasteiger partial charge in [-0.05, 0) is 61.0 Å². The predicted octanol–water partition coefficient (Wildman–Crippen LogP) is 3.43. The van der Waals surface area contributed by atoms with Crippen molar-refractivity contribution in [2.45, 2.75) is 26.3 Å². The Labute approximate surface area is 143 Å². The zero-order valence-corrected chi connectivity index (χ0v) is 14.8. The molecule has 6 heteroatoms. The van der Waals surface area contributed by atoms with Crippen LogP contribution in [0.4, 0.5) is 0 Å². The fourth-order valence-corrected chi connectivity index (χ4v) is 2.39. The van der Waals surface area contributed by atoms with E-state index < -0.39 is 11.4 Å². The highest BCUT2D eigenvalue weighted by Crippen LogP contribution is 2.21. The van der Waals surface area contributed by atoms with E-state index in [-0.39, 0.29) is 11.6 Å². The fraction of sp³-hybridized carbons (Fsp3) is 0.235. The molecule has 1 aromatic heterocycles. The number of halogens is 1. The summed E-state index contributed by atoms with van der Waals surface area (Å²) in [6.45, 7) is 5.54. The summed E-state index contributed by atoms with van der Waals surface area (Å²) in [6.07, 6.45) is 1.53. The molecule has 0 unspecified atom stereocenters. The highest BCUT2D eigenvalue weighted by atomic mass is 79.9. The molecule has 2 rings (SSSR count). The maximum atomic E-state index is 12.8. The molecule has 1 heterocycles. The molecule has 0 aliphatic rings. The zero-order chi connectivity index (χ0) is 17.0. The SMILES string of the molecule is CC(C)(C)N(NC(=O)c1ccccn1)C(=O)c1ccccc1Br. The third-order valence-corrected chi connectivity index (χ3v) is 3.78. The Balaban J connectivity index is 2.30. The van der Waals surface area contributed by atoms with Gasteiger partial charge in [-0.3, -0.25) is 20.0 Å². The maximum Gasteiger partial charge on any atom is 0.288 e. The quantitative estimate of drug-likeness (QED) is 0.817. The third kappa shape index (κ3) is 4.16. The van der Waals surface area contributed by atoms with E-state index in [1.54, 1.807) is 36.4 Å². The Hall–Kier alpha value is -2.21. The van der Waals surface area contributed by atoms with Crippen LogP contribution in [0, 0.1) is 0 Å². The lowest BCUT2D eigenvalue weighted by Crippen LogP contribution is -2.56. The first-order valence-corrected chi connectivity index (χ1v) is 7.91. The Morgan fingerprint density at radius 3 is 2.30 bits per heavy atom. The van der Waals surface area contributed by atoms with Crippen molar-refractivity contribution in [1.29, 1.82) is 0 Å². The molecule has 0 atom stereocenters. The first kappa shape index (κ1) is 17.1. The van der Waals surface area contributed by atoms with E-state index in [1.165, 1.54) is 11.2 Å². The van der Waals surface area contributed by atoms with E-state index in [2.05, 4.69) is 26.3 Å². The molecule has 0 aliphatic heterocycles. The van der Waals surface area contributed by atoms with Gasteiger partial charge < -0.3 is 0 Å². The van der Waals surface area contributed by atoms with Crippen molar-refractivity contribution in [2.24, 2.45) is 0 Å².